The van der Waals surface area contributed by atoms with Crippen molar-refractivity contribution < 1.29 is 14.0 Å². The molecule has 1 aromatic carbocycles. The van der Waals surface area contributed by atoms with Gasteiger partial charge < -0.3 is 4.84 Å². The second-order valence-electron chi connectivity index (χ2n) is 7.94. The van der Waals surface area contributed by atoms with Crippen LogP contribution >= 0.6 is 11.6 Å². The van der Waals surface area contributed by atoms with E-state index in [0.717, 1.165) is 24.8 Å². The molecule has 5 nitrogen and oxygen atoms in total. The lowest BCUT2D eigenvalue weighted by molar-refractivity contribution is -0.151. The molecule has 29 heavy (non-hydrogen) atoms. The summed E-state index contributed by atoms with van der Waals surface area (Å²) in [5.41, 5.74) is 3.82. The Morgan fingerprint density at radius 2 is 1.97 bits per heavy atom. The monoisotopic (exact) mass is 413 g/mol. The maximum absolute atomic E-state index is 15.2. The van der Waals surface area contributed by atoms with Gasteiger partial charge in [0.05, 0.1) is 5.92 Å². The molecule has 1 N–H and O–H groups in total. The Labute approximate surface area is 173 Å². The summed E-state index contributed by atoms with van der Waals surface area (Å²) in [4.78, 5) is 21.7. The first-order valence-corrected chi connectivity index (χ1v) is 10.2. The minimum Gasteiger partial charge on any atom is -0.342 e. The molecule has 1 heterocycles. The molecule has 3 saturated carbocycles. The second-order valence-corrected chi connectivity index (χ2v) is 8.30. The largest absolute Gasteiger partial charge is 0.342 e. The lowest BCUT2D eigenvalue weighted by Crippen LogP contribution is -2.37. The summed E-state index contributed by atoms with van der Waals surface area (Å²) in [6.07, 6.45) is 5.24. The van der Waals surface area contributed by atoms with Crippen LogP contribution in [0.2, 0.25) is 5.15 Å². The maximum Gasteiger partial charge on any atom is 0.335 e. The van der Waals surface area contributed by atoms with E-state index in [1.165, 1.54) is 12.8 Å². The molecule has 2 aromatic rings. The summed E-state index contributed by atoms with van der Waals surface area (Å²) in [6, 6.07) is 8.96. The zero-order chi connectivity index (χ0) is 20.5. The third kappa shape index (κ3) is 3.79. The first-order chi connectivity index (χ1) is 14.0. The van der Waals surface area contributed by atoms with Crippen LogP contribution in [0.25, 0.3) is 11.1 Å². The van der Waals surface area contributed by atoms with Gasteiger partial charge in [0.25, 0.3) is 0 Å². The normalized spacial score (nSPS) is 22.8. The van der Waals surface area contributed by atoms with Crippen molar-refractivity contribution in [3.8, 4) is 17.2 Å². The van der Waals surface area contributed by atoms with Gasteiger partial charge >= 0.3 is 5.97 Å². The predicted molar refractivity (Wildman–Crippen MR) is 107 cm³/mol. The summed E-state index contributed by atoms with van der Waals surface area (Å²) in [7, 11) is 0. The highest BCUT2D eigenvalue weighted by atomic mass is 35.5. The highest BCUT2D eigenvalue weighted by Gasteiger charge is 2.40. The van der Waals surface area contributed by atoms with Crippen LogP contribution in [0.1, 0.15) is 43.2 Å². The van der Waals surface area contributed by atoms with Crippen LogP contribution in [0.4, 0.5) is 10.2 Å². The molecule has 1 atom stereocenters. The number of carbonyl (C=O) groups excluding carboxylic acids is 1. The number of nitrogens with zero attached hydrogens (tertiary/aromatic N) is 2. The molecule has 0 amide bonds. The fourth-order valence-corrected chi connectivity index (χ4v) is 4.76. The first-order valence-electron chi connectivity index (χ1n) is 9.80. The van der Waals surface area contributed by atoms with Crippen LogP contribution in [0.15, 0.2) is 24.3 Å². The molecule has 3 fully saturated rings. The fraction of sp³-hybridized carbons (Fsp3) is 0.409. The van der Waals surface area contributed by atoms with Gasteiger partial charge in [0.1, 0.15) is 16.8 Å². The van der Waals surface area contributed by atoms with Crippen molar-refractivity contribution >= 4 is 23.4 Å². The zero-order valence-electron chi connectivity index (χ0n) is 16.0. The predicted octanol–water partition coefficient (Wildman–Crippen LogP) is 5.42. The molecule has 1 aromatic heterocycles. The smallest absolute Gasteiger partial charge is 0.335 e. The van der Waals surface area contributed by atoms with Crippen molar-refractivity contribution in [3.05, 3.63) is 46.4 Å². The number of halogens is 2. The molecule has 150 valence electrons. The summed E-state index contributed by atoms with van der Waals surface area (Å²) in [5, 5.41) is 9.28. The number of rotatable bonds is 4. The molecule has 7 heteroatoms. The lowest BCUT2D eigenvalue weighted by atomic mass is 9.65. The number of hydrogen-bond donors (Lipinski definition) is 1. The number of anilines is 1. The highest BCUT2D eigenvalue weighted by molar-refractivity contribution is 6.31. The van der Waals surface area contributed by atoms with Gasteiger partial charge in [-0.25, -0.2) is 14.2 Å². The van der Waals surface area contributed by atoms with E-state index >= 15 is 4.39 Å². The zero-order valence-corrected chi connectivity index (χ0v) is 16.8. The molecule has 3 aliphatic carbocycles. The third-order valence-electron chi connectivity index (χ3n) is 6.14. The minimum atomic E-state index is -0.784. The van der Waals surface area contributed by atoms with Crippen LogP contribution in [-0.4, -0.2) is 11.0 Å². The Morgan fingerprint density at radius 1 is 1.28 bits per heavy atom. The van der Waals surface area contributed by atoms with Gasteiger partial charge in [0.2, 0.25) is 0 Å². The second kappa shape index (κ2) is 8.00. The molecule has 5 rings (SSSR count). The average Bonchev–Trinajstić information content (AvgIpc) is 2.75. The summed E-state index contributed by atoms with van der Waals surface area (Å²) < 4.78 is 15.2. The quantitative estimate of drug-likeness (QED) is 0.535. The molecule has 0 aliphatic heterocycles. The van der Waals surface area contributed by atoms with Crippen molar-refractivity contribution in [1.29, 1.82) is 5.26 Å². The van der Waals surface area contributed by atoms with Gasteiger partial charge in [-0.1, -0.05) is 54.3 Å². The Morgan fingerprint density at radius 3 is 2.55 bits per heavy atom. The standard InChI is InChI=1S/C22H21ClFN3O2/c1-12-2-6-15(7-3-12)18-17(11-25)20(23)26-21(19(18)24)27-29-22(28)16-10-13-4-8-14(16)9-5-13/h2-3,6-7,13-14,16H,4-5,8-10H2,1H3,(H,26,27). The van der Waals surface area contributed by atoms with Gasteiger partial charge in [-0.3, -0.25) is 0 Å². The van der Waals surface area contributed by atoms with E-state index in [0.29, 0.717) is 17.4 Å². The summed E-state index contributed by atoms with van der Waals surface area (Å²) in [6.45, 7) is 1.91. The number of pyridine rings is 1. The third-order valence-corrected chi connectivity index (χ3v) is 6.42. The molecular formula is C22H21ClFN3O2. The van der Waals surface area contributed by atoms with Crippen molar-refractivity contribution in [3.63, 3.8) is 0 Å². The molecule has 3 aliphatic rings. The van der Waals surface area contributed by atoms with E-state index in [-0.39, 0.29) is 28.0 Å². The van der Waals surface area contributed by atoms with Crippen LogP contribution in [0, 0.1) is 41.8 Å². The number of nitrogens with one attached hydrogen (secondary N) is 1. The summed E-state index contributed by atoms with van der Waals surface area (Å²) >= 11 is 6.12. The fourth-order valence-electron chi connectivity index (χ4n) is 4.54. The number of aryl methyl sites for hydroxylation is 1. The minimum absolute atomic E-state index is 0.0303. The Hall–Kier alpha value is -2.65. The highest BCUT2D eigenvalue weighted by Crippen LogP contribution is 2.45. The van der Waals surface area contributed by atoms with Crippen LogP contribution in [0.3, 0.4) is 0 Å². The van der Waals surface area contributed by atoms with Crippen molar-refractivity contribution in [1.82, 2.24) is 4.98 Å². The molecule has 0 spiro atoms. The number of benzene rings is 1. The van der Waals surface area contributed by atoms with E-state index in [4.69, 9.17) is 16.4 Å². The first kappa shape index (κ1) is 19.7. The van der Waals surface area contributed by atoms with Gasteiger partial charge in [-0.05, 0) is 43.6 Å². The average molecular weight is 414 g/mol. The van der Waals surface area contributed by atoms with Crippen LogP contribution in [-0.2, 0) is 9.63 Å². The van der Waals surface area contributed by atoms with Crippen molar-refractivity contribution in [2.45, 2.75) is 39.0 Å². The molecule has 1 unspecified atom stereocenters. The van der Waals surface area contributed by atoms with E-state index in [1.54, 1.807) is 12.1 Å². The van der Waals surface area contributed by atoms with Gasteiger partial charge in [0.15, 0.2) is 11.6 Å². The Kier molecular flexibility index (Phi) is 5.42. The lowest BCUT2D eigenvalue weighted by Gasteiger charge is -2.40. The topological polar surface area (TPSA) is 75.0 Å². The number of aromatic nitrogens is 1. The number of fused-ring (bicyclic) bond motifs is 3. The van der Waals surface area contributed by atoms with E-state index in [1.807, 2.05) is 25.1 Å². The van der Waals surface area contributed by atoms with Gasteiger partial charge in [-0.15, -0.1) is 0 Å². The van der Waals surface area contributed by atoms with Crippen LogP contribution < -0.4 is 5.48 Å². The number of carbonyl (C=O) groups is 1. The maximum atomic E-state index is 15.2. The van der Waals surface area contributed by atoms with E-state index in [9.17, 15) is 10.1 Å². The van der Waals surface area contributed by atoms with E-state index < -0.39 is 11.8 Å². The Balaban J connectivity index is 1.59. The van der Waals surface area contributed by atoms with Gasteiger partial charge in [0, 0.05) is 5.56 Å². The Bertz CT molecular complexity index is 979. The SMILES string of the molecule is Cc1ccc(-c2c(F)c(NOC(=O)C3CC4CCC3CC4)nc(Cl)c2C#N)cc1. The molecule has 0 radical (unpaired) electrons. The molecule has 2 bridgehead atoms. The van der Waals surface area contributed by atoms with E-state index in [2.05, 4.69) is 10.5 Å². The summed E-state index contributed by atoms with van der Waals surface area (Å²) in [5.74, 6) is -0.738. The number of nitriles is 1. The van der Waals surface area contributed by atoms with Gasteiger partial charge in [-0.2, -0.15) is 10.7 Å². The number of hydrogen-bond acceptors (Lipinski definition) is 5. The van der Waals surface area contributed by atoms with Crippen LogP contribution in [0.5, 0.6) is 0 Å². The molecule has 0 saturated heterocycles. The van der Waals surface area contributed by atoms with Crippen molar-refractivity contribution in [2.24, 2.45) is 17.8 Å². The van der Waals surface area contributed by atoms with Crippen molar-refractivity contribution in [2.75, 3.05) is 5.48 Å². The molecular weight excluding hydrogens is 393 g/mol.